The highest BCUT2D eigenvalue weighted by atomic mass is 16.5. The Kier molecular flexibility index (Phi) is 4.52. The van der Waals surface area contributed by atoms with Crippen LogP contribution in [0.15, 0.2) is 54.7 Å². The molecular formula is C19H18N6O2. The van der Waals surface area contributed by atoms with Gasteiger partial charge in [-0.2, -0.15) is 4.52 Å². The first kappa shape index (κ1) is 16.8. The van der Waals surface area contributed by atoms with Crippen molar-refractivity contribution in [2.45, 2.75) is 13.5 Å². The van der Waals surface area contributed by atoms with Crippen LogP contribution >= 0.6 is 0 Å². The fraction of sp³-hybridized carbons (Fsp3) is 0.158. The van der Waals surface area contributed by atoms with Crippen LogP contribution in [0.4, 0.5) is 5.82 Å². The molecule has 1 aromatic carbocycles. The third-order valence-electron chi connectivity index (χ3n) is 3.98. The van der Waals surface area contributed by atoms with Crippen LogP contribution in [0.5, 0.6) is 17.4 Å². The molecule has 0 aliphatic rings. The highest BCUT2D eigenvalue weighted by molar-refractivity contribution is 5.45. The van der Waals surface area contributed by atoms with E-state index in [9.17, 15) is 0 Å². The Morgan fingerprint density at radius 2 is 1.93 bits per heavy atom. The van der Waals surface area contributed by atoms with Gasteiger partial charge in [-0.15, -0.1) is 15.3 Å². The van der Waals surface area contributed by atoms with Crippen molar-refractivity contribution in [3.8, 4) is 17.4 Å². The summed E-state index contributed by atoms with van der Waals surface area (Å²) in [5.74, 6) is 3.36. The van der Waals surface area contributed by atoms with Gasteiger partial charge in [0.2, 0.25) is 5.88 Å². The van der Waals surface area contributed by atoms with Crippen molar-refractivity contribution in [2.75, 3.05) is 12.4 Å². The fourth-order valence-electron chi connectivity index (χ4n) is 2.60. The second-order valence-electron chi connectivity index (χ2n) is 5.84. The lowest BCUT2D eigenvalue weighted by molar-refractivity contribution is 0.406. The molecule has 0 saturated heterocycles. The van der Waals surface area contributed by atoms with E-state index in [0.717, 1.165) is 17.1 Å². The summed E-state index contributed by atoms with van der Waals surface area (Å²) >= 11 is 0. The van der Waals surface area contributed by atoms with Crippen LogP contribution in [0, 0.1) is 6.92 Å². The predicted molar refractivity (Wildman–Crippen MR) is 100 cm³/mol. The second-order valence-corrected chi connectivity index (χ2v) is 5.84. The van der Waals surface area contributed by atoms with Crippen LogP contribution in [0.3, 0.4) is 0 Å². The van der Waals surface area contributed by atoms with Gasteiger partial charge in [0, 0.05) is 24.4 Å². The predicted octanol–water partition coefficient (Wildman–Crippen LogP) is 3.24. The zero-order chi connectivity index (χ0) is 18.6. The molecule has 3 heterocycles. The molecule has 27 heavy (non-hydrogen) atoms. The largest absolute Gasteiger partial charge is 0.497 e. The summed E-state index contributed by atoms with van der Waals surface area (Å²) in [4.78, 5) is 4.35. The zero-order valence-electron chi connectivity index (χ0n) is 15.0. The van der Waals surface area contributed by atoms with Gasteiger partial charge in [0.05, 0.1) is 7.11 Å². The van der Waals surface area contributed by atoms with Crippen molar-refractivity contribution in [3.05, 3.63) is 66.1 Å². The maximum absolute atomic E-state index is 5.94. The van der Waals surface area contributed by atoms with Gasteiger partial charge in [-0.25, -0.2) is 4.98 Å². The number of nitrogens with one attached hydrogen (secondary N) is 1. The number of pyridine rings is 1. The molecule has 8 heteroatoms. The molecule has 0 unspecified atom stereocenters. The van der Waals surface area contributed by atoms with Gasteiger partial charge >= 0.3 is 0 Å². The number of benzene rings is 1. The van der Waals surface area contributed by atoms with Crippen LogP contribution in [0.1, 0.15) is 11.4 Å². The first-order valence-electron chi connectivity index (χ1n) is 8.41. The molecule has 0 spiro atoms. The Labute approximate surface area is 155 Å². The van der Waals surface area contributed by atoms with E-state index in [4.69, 9.17) is 9.47 Å². The van der Waals surface area contributed by atoms with Crippen molar-refractivity contribution in [3.63, 3.8) is 0 Å². The number of hydrogen-bond acceptors (Lipinski definition) is 7. The van der Waals surface area contributed by atoms with Crippen LogP contribution < -0.4 is 14.8 Å². The summed E-state index contributed by atoms with van der Waals surface area (Å²) in [6.45, 7) is 2.37. The Balaban J connectivity index is 1.52. The van der Waals surface area contributed by atoms with Crippen molar-refractivity contribution in [1.82, 2.24) is 24.8 Å². The Bertz CT molecular complexity index is 1080. The molecule has 8 nitrogen and oxygen atoms in total. The third kappa shape index (κ3) is 3.64. The van der Waals surface area contributed by atoms with Crippen molar-refractivity contribution >= 4 is 11.5 Å². The zero-order valence-corrected chi connectivity index (χ0v) is 15.0. The molecule has 0 saturated carbocycles. The molecular weight excluding hydrogens is 344 g/mol. The van der Waals surface area contributed by atoms with Gasteiger partial charge in [0.25, 0.3) is 0 Å². The van der Waals surface area contributed by atoms with Crippen molar-refractivity contribution in [2.24, 2.45) is 0 Å². The number of hydrogen-bond donors (Lipinski definition) is 1. The summed E-state index contributed by atoms with van der Waals surface area (Å²) in [7, 11) is 1.62. The average molecular weight is 362 g/mol. The van der Waals surface area contributed by atoms with E-state index in [0.29, 0.717) is 29.6 Å². The SMILES string of the molecule is COc1cccc(Oc2ncccc2CNc2ccc3nnc(C)n3n2)c1. The molecule has 0 bridgehead atoms. The summed E-state index contributed by atoms with van der Waals surface area (Å²) in [5, 5.41) is 15.8. The third-order valence-corrected chi connectivity index (χ3v) is 3.98. The van der Waals surface area contributed by atoms with Crippen LogP contribution in [-0.4, -0.2) is 31.9 Å². The maximum atomic E-state index is 5.94. The van der Waals surface area contributed by atoms with E-state index in [-0.39, 0.29) is 0 Å². The van der Waals surface area contributed by atoms with Crippen LogP contribution in [0.25, 0.3) is 5.65 Å². The number of nitrogens with zero attached hydrogens (tertiary/aromatic N) is 5. The maximum Gasteiger partial charge on any atom is 0.224 e. The molecule has 3 aromatic heterocycles. The lowest BCUT2D eigenvalue weighted by Crippen LogP contribution is -2.06. The van der Waals surface area contributed by atoms with E-state index in [1.54, 1.807) is 17.8 Å². The van der Waals surface area contributed by atoms with E-state index in [2.05, 4.69) is 25.6 Å². The minimum absolute atomic E-state index is 0.507. The number of fused-ring (bicyclic) bond motifs is 1. The van der Waals surface area contributed by atoms with Gasteiger partial charge in [0.1, 0.15) is 17.3 Å². The number of aryl methyl sites for hydroxylation is 1. The summed E-state index contributed by atoms with van der Waals surface area (Å²) in [5.41, 5.74) is 1.61. The highest BCUT2D eigenvalue weighted by Gasteiger charge is 2.08. The second kappa shape index (κ2) is 7.28. The average Bonchev–Trinajstić information content (AvgIpc) is 3.08. The van der Waals surface area contributed by atoms with Gasteiger partial charge < -0.3 is 14.8 Å². The van der Waals surface area contributed by atoms with Crippen molar-refractivity contribution < 1.29 is 9.47 Å². The van der Waals surface area contributed by atoms with Crippen LogP contribution in [-0.2, 0) is 6.54 Å². The van der Waals surface area contributed by atoms with Gasteiger partial charge in [-0.3, -0.25) is 0 Å². The molecule has 0 radical (unpaired) electrons. The molecule has 0 atom stereocenters. The monoisotopic (exact) mass is 362 g/mol. The van der Waals surface area contributed by atoms with E-state index < -0.39 is 0 Å². The van der Waals surface area contributed by atoms with Crippen LogP contribution in [0.2, 0.25) is 0 Å². The quantitative estimate of drug-likeness (QED) is 0.563. The van der Waals surface area contributed by atoms with E-state index >= 15 is 0 Å². The number of ether oxygens (including phenoxy) is 2. The molecule has 0 aliphatic carbocycles. The number of aromatic nitrogens is 5. The fourth-order valence-corrected chi connectivity index (χ4v) is 2.60. The van der Waals surface area contributed by atoms with E-state index in [1.165, 1.54) is 0 Å². The molecule has 4 aromatic rings. The molecule has 4 rings (SSSR count). The molecule has 136 valence electrons. The first-order chi connectivity index (χ1) is 13.2. The smallest absolute Gasteiger partial charge is 0.224 e. The Morgan fingerprint density at radius 3 is 2.81 bits per heavy atom. The molecule has 1 N–H and O–H groups in total. The first-order valence-corrected chi connectivity index (χ1v) is 8.41. The summed E-state index contributed by atoms with van der Waals surface area (Å²) in [6.07, 6.45) is 1.70. The van der Waals surface area contributed by atoms with Gasteiger partial charge in [0.15, 0.2) is 11.5 Å². The molecule has 0 aliphatic heterocycles. The number of methoxy groups -OCH3 is 1. The minimum atomic E-state index is 0.507. The molecule has 0 fully saturated rings. The normalized spacial score (nSPS) is 10.7. The van der Waals surface area contributed by atoms with Gasteiger partial charge in [-0.1, -0.05) is 12.1 Å². The Hall–Kier alpha value is -3.68. The van der Waals surface area contributed by atoms with E-state index in [1.807, 2.05) is 55.5 Å². The lowest BCUT2D eigenvalue weighted by atomic mass is 10.2. The highest BCUT2D eigenvalue weighted by Crippen LogP contribution is 2.26. The topological polar surface area (TPSA) is 86.5 Å². The Morgan fingerprint density at radius 1 is 1.04 bits per heavy atom. The lowest BCUT2D eigenvalue weighted by Gasteiger charge is -2.11. The number of anilines is 1. The standard InChI is InChI=1S/C19H18N6O2/c1-13-22-23-18-9-8-17(24-25(13)18)21-12-14-5-4-10-20-19(14)27-16-7-3-6-15(11-16)26-2/h3-11H,12H2,1-2H3,(H,21,24). The minimum Gasteiger partial charge on any atom is -0.497 e. The number of rotatable bonds is 6. The van der Waals surface area contributed by atoms with Gasteiger partial charge in [-0.05, 0) is 37.3 Å². The van der Waals surface area contributed by atoms with Crippen molar-refractivity contribution in [1.29, 1.82) is 0 Å². The summed E-state index contributed by atoms with van der Waals surface area (Å²) < 4.78 is 12.9. The summed E-state index contributed by atoms with van der Waals surface area (Å²) in [6, 6.07) is 15.0. The molecule has 0 amide bonds.